The van der Waals surface area contributed by atoms with Gasteiger partial charge in [0.15, 0.2) is 0 Å². The highest BCUT2D eigenvalue weighted by Gasteiger charge is 2.33. The van der Waals surface area contributed by atoms with E-state index in [2.05, 4.69) is 24.5 Å². The van der Waals surface area contributed by atoms with E-state index in [1.54, 1.807) is 7.05 Å². The third-order valence-electron chi connectivity index (χ3n) is 5.14. The summed E-state index contributed by atoms with van der Waals surface area (Å²) in [6, 6.07) is 7.61. The fourth-order valence-corrected chi connectivity index (χ4v) is 3.82. The molecule has 0 bridgehead atoms. The van der Waals surface area contributed by atoms with Crippen LogP contribution in [0.25, 0.3) is 0 Å². The molecule has 0 heterocycles. The summed E-state index contributed by atoms with van der Waals surface area (Å²) < 4.78 is 0. The van der Waals surface area contributed by atoms with Crippen LogP contribution >= 0.6 is 0 Å². The van der Waals surface area contributed by atoms with Gasteiger partial charge in [-0.2, -0.15) is 0 Å². The lowest BCUT2D eigenvalue weighted by atomic mass is 9.78. The maximum atomic E-state index is 12.7. The second-order valence-corrected chi connectivity index (χ2v) is 6.92. The van der Waals surface area contributed by atoms with E-state index >= 15 is 0 Å². The Hall–Kier alpha value is -2.04. The van der Waals surface area contributed by atoms with Crippen molar-refractivity contribution < 1.29 is 9.59 Å². The van der Waals surface area contributed by atoms with Crippen molar-refractivity contribution in [1.82, 2.24) is 10.2 Å². The smallest absolute Gasteiger partial charge is 0.321 e. The number of carbonyl (C=O) groups excluding carboxylic acids is 2. The Bertz CT molecular complexity index is 578. The van der Waals surface area contributed by atoms with Crippen LogP contribution in [0.3, 0.4) is 0 Å². The molecular formula is C19H29N3O2. The van der Waals surface area contributed by atoms with Crippen molar-refractivity contribution in [2.45, 2.75) is 45.6 Å². The van der Waals surface area contributed by atoms with Crippen molar-refractivity contribution in [2.75, 3.05) is 19.4 Å². The van der Waals surface area contributed by atoms with Crippen molar-refractivity contribution in [3.05, 3.63) is 29.8 Å². The number of para-hydroxylation sites is 1. The van der Waals surface area contributed by atoms with Gasteiger partial charge in [0, 0.05) is 25.8 Å². The normalized spacial score (nSPS) is 21.2. The van der Waals surface area contributed by atoms with Gasteiger partial charge in [0.1, 0.15) is 0 Å². The Morgan fingerprint density at radius 3 is 2.42 bits per heavy atom. The van der Waals surface area contributed by atoms with Crippen molar-refractivity contribution >= 4 is 17.6 Å². The predicted octanol–water partition coefficient (Wildman–Crippen LogP) is 3.26. The number of urea groups is 1. The first-order valence-corrected chi connectivity index (χ1v) is 8.76. The number of benzene rings is 1. The van der Waals surface area contributed by atoms with Crippen LogP contribution in [0.2, 0.25) is 0 Å². The molecule has 0 unspecified atom stereocenters. The summed E-state index contributed by atoms with van der Waals surface area (Å²) in [7, 11) is 3.49. The van der Waals surface area contributed by atoms with Crippen LogP contribution in [-0.4, -0.2) is 37.0 Å². The number of hydrogen-bond acceptors (Lipinski definition) is 2. The Morgan fingerprint density at radius 2 is 1.79 bits per heavy atom. The zero-order valence-corrected chi connectivity index (χ0v) is 15.1. The maximum Gasteiger partial charge on any atom is 0.321 e. The Balaban J connectivity index is 2.10. The lowest BCUT2D eigenvalue weighted by molar-refractivity contribution is -0.119. The molecule has 0 aliphatic heterocycles. The quantitative estimate of drug-likeness (QED) is 0.889. The summed E-state index contributed by atoms with van der Waals surface area (Å²) >= 11 is 0. The van der Waals surface area contributed by atoms with E-state index in [4.69, 9.17) is 0 Å². The average Bonchev–Trinajstić information content (AvgIpc) is 2.56. The predicted molar refractivity (Wildman–Crippen MR) is 97.0 cm³/mol. The van der Waals surface area contributed by atoms with Crippen molar-refractivity contribution in [3.63, 3.8) is 0 Å². The third kappa shape index (κ3) is 4.28. The molecule has 0 saturated heterocycles. The number of anilines is 1. The van der Waals surface area contributed by atoms with Gasteiger partial charge in [-0.1, -0.05) is 38.5 Å². The van der Waals surface area contributed by atoms with Gasteiger partial charge in [-0.3, -0.25) is 4.79 Å². The van der Waals surface area contributed by atoms with Crippen LogP contribution < -0.4 is 10.6 Å². The van der Waals surface area contributed by atoms with Crippen molar-refractivity contribution in [2.24, 2.45) is 11.8 Å². The van der Waals surface area contributed by atoms with E-state index in [9.17, 15) is 9.59 Å². The molecule has 2 atom stereocenters. The molecule has 0 radical (unpaired) electrons. The number of hydrogen-bond donors (Lipinski definition) is 2. The van der Waals surface area contributed by atoms with Crippen molar-refractivity contribution in [3.8, 4) is 0 Å². The fourth-order valence-electron chi connectivity index (χ4n) is 3.82. The second kappa shape index (κ2) is 8.18. The lowest BCUT2D eigenvalue weighted by Gasteiger charge is -2.40. The fraction of sp³-hybridized carbons (Fsp3) is 0.579. The highest BCUT2D eigenvalue weighted by Crippen LogP contribution is 2.32. The second-order valence-electron chi connectivity index (χ2n) is 6.92. The summed E-state index contributed by atoms with van der Waals surface area (Å²) in [4.78, 5) is 26.2. The van der Waals surface area contributed by atoms with Gasteiger partial charge in [0.2, 0.25) is 5.91 Å². The molecule has 5 heteroatoms. The first-order valence-electron chi connectivity index (χ1n) is 8.76. The summed E-state index contributed by atoms with van der Waals surface area (Å²) in [5, 5.41) is 5.60. The summed E-state index contributed by atoms with van der Waals surface area (Å²) in [5.41, 5.74) is 1.53. The van der Waals surface area contributed by atoms with E-state index in [1.807, 2.05) is 36.2 Å². The minimum atomic E-state index is -0.107. The van der Waals surface area contributed by atoms with Gasteiger partial charge in [0.25, 0.3) is 0 Å². The molecule has 24 heavy (non-hydrogen) atoms. The molecule has 5 nitrogen and oxygen atoms in total. The van der Waals surface area contributed by atoms with Crippen LogP contribution in [0, 0.1) is 11.8 Å². The molecule has 1 aromatic rings. The zero-order chi connectivity index (χ0) is 17.7. The molecule has 1 aliphatic carbocycles. The van der Waals surface area contributed by atoms with Gasteiger partial charge in [0.05, 0.1) is 6.42 Å². The van der Waals surface area contributed by atoms with Gasteiger partial charge in [-0.25, -0.2) is 4.79 Å². The molecule has 3 amide bonds. The number of carbonyl (C=O) groups is 2. The summed E-state index contributed by atoms with van der Waals surface area (Å²) in [5.74, 6) is 0.941. The lowest BCUT2D eigenvalue weighted by Crippen LogP contribution is -2.48. The molecule has 2 rings (SSSR count). The first kappa shape index (κ1) is 18.3. The number of rotatable bonds is 4. The standard InChI is InChI=1S/C19H29N3O2/c1-13-8-7-9-14(2)18(13)22(4)19(24)21-16-11-6-5-10-15(16)12-17(23)20-3/h5-6,10-11,13-14,18H,7-9,12H2,1-4H3,(H,20,23)(H,21,24)/t13-,14-/m1/s1. The Labute approximate surface area is 144 Å². The van der Waals surface area contributed by atoms with Crippen LogP contribution in [-0.2, 0) is 11.2 Å². The first-order chi connectivity index (χ1) is 11.4. The molecule has 1 saturated carbocycles. The molecular weight excluding hydrogens is 302 g/mol. The monoisotopic (exact) mass is 331 g/mol. The Kier molecular flexibility index (Phi) is 6.23. The van der Waals surface area contributed by atoms with Crippen LogP contribution in [0.4, 0.5) is 10.5 Å². The maximum absolute atomic E-state index is 12.7. The number of likely N-dealkylation sites (N-methyl/N-ethyl adjacent to an activating group) is 1. The van der Waals surface area contributed by atoms with Crippen molar-refractivity contribution in [1.29, 1.82) is 0 Å². The molecule has 2 N–H and O–H groups in total. The topological polar surface area (TPSA) is 61.4 Å². The largest absolute Gasteiger partial charge is 0.359 e. The van der Waals surface area contributed by atoms with E-state index in [1.165, 1.54) is 19.3 Å². The number of amides is 3. The summed E-state index contributed by atoms with van der Waals surface area (Å²) in [6.07, 6.45) is 3.83. The zero-order valence-electron chi connectivity index (χ0n) is 15.1. The molecule has 1 fully saturated rings. The highest BCUT2D eigenvalue weighted by atomic mass is 16.2. The van der Waals surface area contributed by atoms with E-state index in [0.717, 1.165) is 5.56 Å². The van der Waals surface area contributed by atoms with E-state index < -0.39 is 0 Å². The van der Waals surface area contributed by atoms with Gasteiger partial charge in [-0.15, -0.1) is 0 Å². The van der Waals surface area contributed by atoms with Crippen LogP contribution in [0.15, 0.2) is 24.3 Å². The van der Waals surface area contributed by atoms with Crippen LogP contribution in [0.1, 0.15) is 38.7 Å². The van der Waals surface area contributed by atoms with Crippen LogP contribution in [0.5, 0.6) is 0 Å². The minimum absolute atomic E-state index is 0.0698. The van der Waals surface area contributed by atoms with Gasteiger partial charge >= 0.3 is 6.03 Å². The Morgan fingerprint density at radius 1 is 1.17 bits per heavy atom. The molecule has 1 aromatic carbocycles. The molecule has 0 aromatic heterocycles. The van der Waals surface area contributed by atoms with Gasteiger partial charge in [-0.05, 0) is 36.3 Å². The molecule has 132 valence electrons. The average molecular weight is 331 g/mol. The SMILES string of the molecule is CNC(=O)Cc1ccccc1NC(=O)N(C)C1[C@H](C)CCC[C@H]1C. The number of nitrogens with one attached hydrogen (secondary N) is 2. The summed E-state index contributed by atoms with van der Waals surface area (Å²) in [6.45, 7) is 4.45. The van der Waals surface area contributed by atoms with E-state index in [0.29, 0.717) is 17.5 Å². The number of nitrogens with zero attached hydrogens (tertiary/aromatic N) is 1. The third-order valence-corrected chi connectivity index (χ3v) is 5.14. The molecule has 0 spiro atoms. The minimum Gasteiger partial charge on any atom is -0.359 e. The highest BCUT2D eigenvalue weighted by molar-refractivity contribution is 5.91. The molecule has 1 aliphatic rings. The van der Waals surface area contributed by atoms with E-state index in [-0.39, 0.29) is 24.4 Å². The van der Waals surface area contributed by atoms with Gasteiger partial charge < -0.3 is 15.5 Å².